The summed E-state index contributed by atoms with van der Waals surface area (Å²) in [5, 5.41) is 69.5. The SMILES string of the molecule is NCCOc1ccc(/C=C/C(=O)CO[C@@]2(C(=O)O)C[C@@H](O)[C@@H](O)[C@H](OCC(=O)/C=C/c3cc(O)c(O)cc3CO)C2)cc1O. The highest BCUT2D eigenvalue weighted by Crippen LogP contribution is 2.35. The van der Waals surface area contributed by atoms with Crippen molar-refractivity contribution in [2.45, 2.75) is 43.4 Å². The number of hydrogen-bond donors (Lipinski definition) is 8. The first-order chi connectivity index (χ1) is 20.9. The number of aliphatic hydroxyl groups is 3. The largest absolute Gasteiger partial charge is 0.504 e. The minimum atomic E-state index is -2.12. The molecule has 1 aliphatic rings. The summed E-state index contributed by atoms with van der Waals surface area (Å²) in [7, 11) is 0. The van der Waals surface area contributed by atoms with Gasteiger partial charge in [-0.25, -0.2) is 4.79 Å². The Morgan fingerprint density at radius 3 is 2.27 bits per heavy atom. The third kappa shape index (κ3) is 8.86. The van der Waals surface area contributed by atoms with Crippen LogP contribution >= 0.6 is 0 Å². The summed E-state index contributed by atoms with van der Waals surface area (Å²) in [6, 6.07) is 6.69. The van der Waals surface area contributed by atoms with Gasteiger partial charge in [0.15, 0.2) is 40.2 Å². The Labute approximate surface area is 251 Å². The number of rotatable bonds is 15. The molecular weight excluding hydrogens is 582 g/mol. The van der Waals surface area contributed by atoms with Crippen LogP contribution in [-0.2, 0) is 30.5 Å². The topological polar surface area (TPSA) is 247 Å². The van der Waals surface area contributed by atoms with E-state index < -0.39 is 85.6 Å². The van der Waals surface area contributed by atoms with Gasteiger partial charge in [-0.05, 0) is 53.1 Å². The van der Waals surface area contributed by atoms with Crippen molar-refractivity contribution in [1.29, 1.82) is 0 Å². The average Bonchev–Trinajstić information content (AvgIpc) is 2.99. The van der Waals surface area contributed by atoms with Crippen molar-refractivity contribution in [2.75, 3.05) is 26.4 Å². The molecule has 9 N–H and O–H groups in total. The molecule has 238 valence electrons. The number of hydrogen-bond acceptors (Lipinski definition) is 13. The van der Waals surface area contributed by atoms with E-state index >= 15 is 0 Å². The van der Waals surface area contributed by atoms with Crippen LogP contribution in [0.2, 0.25) is 0 Å². The fourth-order valence-corrected chi connectivity index (χ4v) is 4.47. The molecule has 2 aromatic rings. The van der Waals surface area contributed by atoms with Gasteiger partial charge in [0.2, 0.25) is 0 Å². The molecule has 0 heterocycles. The average molecular weight is 618 g/mol. The fraction of sp³-hybridized carbons (Fsp3) is 0.367. The van der Waals surface area contributed by atoms with E-state index in [-0.39, 0.29) is 35.8 Å². The highest BCUT2D eigenvalue weighted by atomic mass is 16.5. The van der Waals surface area contributed by atoms with Gasteiger partial charge in [0, 0.05) is 19.4 Å². The number of phenols is 3. The van der Waals surface area contributed by atoms with E-state index in [1.54, 1.807) is 6.07 Å². The van der Waals surface area contributed by atoms with E-state index in [2.05, 4.69) is 0 Å². The quantitative estimate of drug-likeness (QED) is 0.0985. The molecule has 0 spiro atoms. The van der Waals surface area contributed by atoms with Gasteiger partial charge in [0.1, 0.15) is 25.9 Å². The minimum absolute atomic E-state index is 0.168. The van der Waals surface area contributed by atoms with Crippen LogP contribution in [0.5, 0.6) is 23.0 Å². The third-order valence-corrected chi connectivity index (χ3v) is 6.84. The zero-order valence-corrected chi connectivity index (χ0v) is 23.5. The summed E-state index contributed by atoms with van der Waals surface area (Å²) in [5.41, 5.74) is 4.17. The highest BCUT2D eigenvalue weighted by molar-refractivity contribution is 5.95. The number of aliphatic carboxylic acids is 1. The second-order valence-corrected chi connectivity index (χ2v) is 10.1. The molecule has 0 aromatic heterocycles. The number of carboxylic acids is 1. The molecule has 1 fully saturated rings. The monoisotopic (exact) mass is 617 g/mol. The molecule has 0 radical (unpaired) electrons. The number of aromatic hydroxyl groups is 3. The van der Waals surface area contributed by atoms with Crippen molar-refractivity contribution in [1.82, 2.24) is 0 Å². The van der Waals surface area contributed by atoms with Gasteiger partial charge in [0.05, 0.1) is 18.8 Å². The number of carbonyl (C=O) groups excluding carboxylic acids is 2. The van der Waals surface area contributed by atoms with Gasteiger partial charge in [-0.1, -0.05) is 18.2 Å². The molecule has 4 atom stereocenters. The molecular formula is C30H35NO13. The molecule has 1 saturated carbocycles. The second-order valence-electron chi connectivity index (χ2n) is 10.1. The van der Waals surface area contributed by atoms with E-state index in [0.717, 1.165) is 24.3 Å². The Balaban J connectivity index is 1.63. The van der Waals surface area contributed by atoms with Crippen LogP contribution in [0.3, 0.4) is 0 Å². The molecule has 14 nitrogen and oxygen atoms in total. The number of phenolic OH excluding ortho intramolecular Hbond substituents is 3. The van der Waals surface area contributed by atoms with Gasteiger partial charge in [-0.2, -0.15) is 0 Å². The number of benzene rings is 2. The predicted molar refractivity (Wildman–Crippen MR) is 154 cm³/mol. The summed E-state index contributed by atoms with van der Waals surface area (Å²) in [4.78, 5) is 37.1. The van der Waals surface area contributed by atoms with Crippen molar-refractivity contribution in [3.63, 3.8) is 0 Å². The molecule has 0 unspecified atom stereocenters. The van der Waals surface area contributed by atoms with Gasteiger partial charge in [-0.3, -0.25) is 9.59 Å². The predicted octanol–water partition coefficient (Wildman–Crippen LogP) is 0.239. The van der Waals surface area contributed by atoms with Gasteiger partial charge in [0.25, 0.3) is 0 Å². The van der Waals surface area contributed by atoms with Crippen molar-refractivity contribution in [3.8, 4) is 23.0 Å². The van der Waals surface area contributed by atoms with Crippen LogP contribution in [0.25, 0.3) is 12.2 Å². The molecule has 0 aliphatic heterocycles. The van der Waals surface area contributed by atoms with Crippen molar-refractivity contribution in [3.05, 3.63) is 59.2 Å². The zero-order valence-electron chi connectivity index (χ0n) is 23.5. The summed E-state index contributed by atoms with van der Waals surface area (Å²) in [6.45, 7) is -1.36. The maximum absolute atomic E-state index is 12.5. The fourth-order valence-electron chi connectivity index (χ4n) is 4.47. The second kappa shape index (κ2) is 15.4. The summed E-state index contributed by atoms with van der Waals surface area (Å²) in [5.74, 6) is -3.65. The maximum atomic E-state index is 12.5. The third-order valence-electron chi connectivity index (χ3n) is 6.84. The van der Waals surface area contributed by atoms with Gasteiger partial charge < -0.3 is 55.7 Å². The summed E-state index contributed by atoms with van der Waals surface area (Å²) < 4.78 is 16.2. The first-order valence-electron chi connectivity index (χ1n) is 13.5. The lowest BCUT2D eigenvalue weighted by molar-refractivity contribution is -0.205. The Kier molecular flexibility index (Phi) is 12.0. The molecule has 44 heavy (non-hydrogen) atoms. The van der Waals surface area contributed by atoms with E-state index in [1.165, 1.54) is 24.3 Å². The van der Waals surface area contributed by atoms with E-state index in [4.69, 9.17) is 19.9 Å². The van der Waals surface area contributed by atoms with E-state index in [9.17, 15) is 50.1 Å². The summed E-state index contributed by atoms with van der Waals surface area (Å²) in [6.07, 6.45) is -0.762. The number of nitrogens with two attached hydrogens (primary N) is 1. The van der Waals surface area contributed by atoms with Crippen molar-refractivity contribution >= 4 is 29.7 Å². The zero-order chi connectivity index (χ0) is 32.4. The first kappa shape index (κ1) is 34.2. The molecule has 0 amide bonds. The highest BCUT2D eigenvalue weighted by Gasteiger charge is 2.52. The maximum Gasteiger partial charge on any atom is 0.336 e. The molecule has 14 heteroatoms. The molecule has 0 saturated heterocycles. The molecule has 0 bridgehead atoms. The lowest BCUT2D eigenvalue weighted by atomic mass is 9.79. The number of aliphatic hydroxyl groups excluding tert-OH is 3. The Morgan fingerprint density at radius 1 is 0.932 bits per heavy atom. The number of ether oxygens (including phenoxy) is 3. The number of carbonyl (C=O) groups is 3. The Bertz CT molecular complexity index is 1410. The number of ketones is 2. The van der Waals surface area contributed by atoms with Crippen LogP contribution in [0.15, 0.2) is 42.5 Å². The Hall–Kier alpha value is -4.31. The van der Waals surface area contributed by atoms with Gasteiger partial charge in [-0.15, -0.1) is 0 Å². The van der Waals surface area contributed by atoms with Crippen LogP contribution in [-0.4, -0.2) is 104 Å². The van der Waals surface area contributed by atoms with Gasteiger partial charge >= 0.3 is 5.97 Å². The Morgan fingerprint density at radius 2 is 1.61 bits per heavy atom. The minimum Gasteiger partial charge on any atom is -0.504 e. The molecule has 2 aromatic carbocycles. The van der Waals surface area contributed by atoms with Crippen LogP contribution < -0.4 is 10.5 Å². The number of carboxylic acid groups (broad SMARTS) is 1. The lowest BCUT2D eigenvalue weighted by Crippen LogP contribution is -2.58. The first-order valence-corrected chi connectivity index (χ1v) is 13.5. The molecule has 1 aliphatic carbocycles. The van der Waals surface area contributed by atoms with E-state index in [1.807, 2.05) is 0 Å². The van der Waals surface area contributed by atoms with Crippen molar-refractivity contribution in [2.24, 2.45) is 5.73 Å². The summed E-state index contributed by atoms with van der Waals surface area (Å²) >= 11 is 0. The lowest BCUT2D eigenvalue weighted by Gasteiger charge is -2.42. The standard InChI is InChI=1S/C30H35NO13/c31-7-8-42-26-6-2-17(9-24(26)37)1-4-21(34)16-44-30(29(40)41)12-25(38)28(39)27(13-30)43-15-20(33)5-3-18-10-22(35)23(36)11-19(18)14-32/h1-6,9-11,25,27-28,32,35-39H,7-8,12-16,31H2,(H,40,41)/b4-1+,5-3+/t25-,27-,28-,30+/m1/s1. The van der Waals surface area contributed by atoms with Crippen LogP contribution in [0.1, 0.15) is 29.5 Å². The van der Waals surface area contributed by atoms with Crippen molar-refractivity contribution < 1.29 is 64.3 Å². The van der Waals surface area contributed by atoms with Crippen LogP contribution in [0.4, 0.5) is 0 Å². The molecule has 3 rings (SSSR count). The van der Waals surface area contributed by atoms with Crippen LogP contribution in [0, 0.1) is 0 Å². The normalized spacial score (nSPS) is 22.0. The van der Waals surface area contributed by atoms with E-state index in [0.29, 0.717) is 5.56 Å². The smallest absolute Gasteiger partial charge is 0.336 e.